The van der Waals surface area contributed by atoms with Crippen LogP contribution in [0.2, 0.25) is 0 Å². The van der Waals surface area contributed by atoms with Crippen molar-refractivity contribution in [2.45, 2.75) is 31.2 Å². The van der Waals surface area contributed by atoms with Crippen LogP contribution in [0.1, 0.15) is 24.5 Å². The van der Waals surface area contributed by atoms with Crippen molar-refractivity contribution >= 4 is 0 Å². The first-order valence-corrected chi connectivity index (χ1v) is 5.83. The monoisotopic (exact) mass is 259 g/mol. The maximum Gasteiger partial charge on any atom is 0.416 e. The zero-order valence-corrected chi connectivity index (χ0v) is 10.3. The first kappa shape index (κ1) is 13.4. The molecule has 0 bridgehead atoms. The van der Waals surface area contributed by atoms with E-state index in [1.54, 1.807) is 6.07 Å². The summed E-state index contributed by atoms with van der Waals surface area (Å²) < 4.78 is 37.9. The summed E-state index contributed by atoms with van der Waals surface area (Å²) in [5.41, 5.74) is -1.56. The Balaban J connectivity index is 2.35. The summed E-state index contributed by atoms with van der Waals surface area (Å²) in [6.07, 6.45) is -3.92. The Morgan fingerprint density at radius 2 is 2.06 bits per heavy atom. The molecule has 1 fully saturated rings. The van der Waals surface area contributed by atoms with Crippen LogP contribution in [-0.2, 0) is 11.8 Å². The zero-order chi connectivity index (χ0) is 13.6. The fourth-order valence-corrected chi connectivity index (χ4v) is 2.47. The van der Waals surface area contributed by atoms with Crippen LogP contribution in [-0.4, -0.2) is 29.6 Å². The molecule has 1 aromatic rings. The van der Waals surface area contributed by atoms with Gasteiger partial charge in [-0.15, -0.1) is 0 Å². The second-order valence-electron chi connectivity index (χ2n) is 5.08. The van der Waals surface area contributed by atoms with Crippen LogP contribution in [0.4, 0.5) is 13.2 Å². The van der Waals surface area contributed by atoms with Crippen LogP contribution in [0.15, 0.2) is 24.3 Å². The molecule has 2 nitrogen and oxygen atoms in total. The SMILES string of the molecule is CC1CC(O)(c2cccc(C(F)(F)F)c2)CN1C. The summed E-state index contributed by atoms with van der Waals surface area (Å²) in [7, 11) is 1.86. The third kappa shape index (κ3) is 2.37. The predicted molar refractivity (Wildman–Crippen MR) is 62.0 cm³/mol. The smallest absolute Gasteiger partial charge is 0.384 e. The topological polar surface area (TPSA) is 23.5 Å². The average molecular weight is 259 g/mol. The molecule has 2 rings (SSSR count). The average Bonchev–Trinajstić information content (AvgIpc) is 2.53. The number of likely N-dealkylation sites (N-methyl/N-ethyl adjacent to an activating group) is 1. The molecular formula is C13H16F3NO. The van der Waals surface area contributed by atoms with E-state index in [0.717, 1.165) is 12.1 Å². The number of halogens is 3. The lowest BCUT2D eigenvalue weighted by Gasteiger charge is -2.23. The van der Waals surface area contributed by atoms with Gasteiger partial charge in [-0.1, -0.05) is 12.1 Å². The Labute approximate surface area is 104 Å². The van der Waals surface area contributed by atoms with Gasteiger partial charge in [-0.3, -0.25) is 0 Å². The normalized spacial score (nSPS) is 29.8. The van der Waals surface area contributed by atoms with Gasteiger partial charge in [0.15, 0.2) is 0 Å². The molecule has 1 N–H and O–H groups in total. The summed E-state index contributed by atoms with van der Waals surface area (Å²) in [6.45, 7) is 2.31. The van der Waals surface area contributed by atoms with Crippen molar-refractivity contribution < 1.29 is 18.3 Å². The molecule has 0 spiro atoms. The second kappa shape index (κ2) is 4.24. The van der Waals surface area contributed by atoms with Crippen molar-refractivity contribution in [2.24, 2.45) is 0 Å². The molecular weight excluding hydrogens is 243 g/mol. The van der Waals surface area contributed by atoms with E-state index in [0.29, 0.717) is 18.5 Å². The number of likely N-dealkylation sites (tertiary alicyclic amines) is 1. The number of benzene rings is 1. The Morgan fingerprint density at radius 3 is 2.56 bits per heavy atom. The first-order chi connectivity index (χ1) is 8.22. The minimum Gasteiger partial charge on any atom is -0.384 e. The zero-order valence-electron chi connectivity index (χ0n) is 10.3. The van der Waals surface area contributed by atoms with Gasteiger partial charge in [0.05, 0.1) is 5.56 Å². The summed E-state index contributed by atoms with van der Waals surface area (Å²) in [5.74, 6) is 0. The summed E-state index contributed by atoms with van der Waals surface area (Å²) in [6, 6.07) is 5.13. The van der Waals surface area contributed by atoms with E-state index < -0.39 is 17.3 Å². The van der Waals surface area contributed by atoms with Crippen LogP contribution in [0.5, 0.6) is 0 Å². The van der Waals surface area contributed by atoms with E-state index in [4.69, 9.17) is 0 Å². The highest BCUT2D eigenvalue weighted by atomic mass is 19.4. The van der Waals surface area contributed by atoms with Gasteiger partial charge in [0.25, 0.3) is 0 Å². The molecule has 0 amide bonds. The fraction of sp³-hybridized carbons (Fsp3) is 0.538. The third-order valence-corrected chi connectivity index (χ3v) is 3.62. The van der Waals surface area contributed by atoms with Crippen molar-refractivity contribution in [1.29, 1.82) is 0 Å². The number of nitrogens with zero attached hydrogens (tertiary/aromatic N) is 1. The molecule has 0 radical (unpaired) electrons. The third-order valence-electron chi connectivity index (χ3n) is 3.62. The molecule has 1 heterocycles. The van der Waals surface area contributed by atoms with E-state index in [1.165, 1.54) is 6.07 Å². The van der Waals surface area contributed by atoms with Crippen LogP contribution in [0, 0.1) is 0 Å². The van der Waals surface area contributed by atoms with Crippen LogP contribution in [0.25, 0.3) is 0 Å². The van der Waals surface area contributed by atoms with E-state index in [2.05, 4.69) is 0 Å². The number of hydrogen-bond acceptors (Lipinski definition) is 2. The molecule has 0 saturated carbocycles. The number of alkyl halides is 3. The van der Waals surface area contributed by atoms with Crippen LogP contribution in [0.3, 0.4) is 0 Å². The van der Waals surface area contributed by atoms with Crippen LogP contribution >= 0.6 is 0 Å². The van der Waals surface area contributed by atoms with Crippen molar-refractivity contribution in [2.75, 3.05) is 13.6 Å². The van der Waals surface area contributed by atoms with E-state index in [1.807, 2.05) is 18.9 Å². The lowest BCUT2D eigenvalue weighted by molar-refractivity contribution is -0.137. The molecule has 18 heavy (non-hydrogen) atoms. The highest BCUT2D eigenvalue weighted by Crippen LogP contribution is 2.37. The second-order valence-corrected chi connectivity index (χ2v) is 5.08. The highest BCUT2D eigenvalue weighted by Gasteiger charge is 2.41. The largest absolute Gasteiger partial charge is 0.416 e. The van der Waals surface area contributed by atoms with Crippen LogP contribution < -0.4 is 0 Å². The number of hydrogen-bond donors (Lipinski definition) is 1. The van der Waals surface area contributed by atoms with Crippen molar-refractivity contribution in [1.82, 2.24) is 4.90 Å². The minimum absolute atomic E-state index is 0.157. The predicted octanol–water partition coefficient (Wildman–Crippen LogP) is 2.62. The van der Waals surface area contributed by atoms with Gasteiger partial charge in [-0.25, -0.2) is 0 Å². The minimum atomic E-state index is -4.37. The molecule has 5 heteroatoms. The molecule has 100 valence electrons. The standard InChI is InChI=1S/C13H16F3NO/c1-9-7-12(18,8-17(9)2)10-4-3-5-11(6-10)13(14,15)16/h3-6,9,18H,7-8H2,1-2H3. The van der Waals surface area contributed by atoms with Gasteiger partial charge < -0.3 is 10.0 Å². The van der Waals surface area contributed by atoms with E-state index in [-0.39, 0.29) is 6.04 Å². The quantitative estimate of drug-likeness (QED) is 0.838. The number of β-amino-alcohol motifs (C(OH)–C–C–N with tert-alkyl or cyclic N) is 1. The summed E-state index contributed by atoms with van der Waals surface area (Å²) in [5, 5.41) is 10.5. The van der Waals surface area contributed by atoms with E-state index >= 15 is 0 Å². The molecule has 1 saturated heterocycles. The van der Waals surface area contributed by atoms with Gasteiger partial charge >= 0.3 is 6.18 Å². The van der Waals surface area contributed by atoms with Gasteiger partial charge in [-0.2, -0.15) is 13.2 Å². The number of rotatable bonds is 1. The van der Waals surface area contributed by atoms with Crippen molar-refractivity contribution in [3.05, 3.63) is 35.4 Å². The Morgan fingerprint density at radius 1 is 1.39 bits per heavy atom. The van der Waals surface area contributed by atoms with Crippen molar-refractivity contribution in [3.63, 3.8) is 0 Å². The van der Waals surface area contributed by atoms with Gasteiger partial charge in [0.2, 0.25) is 0 Å². The number of aliphatic hydroxyl groups is 1. The van der Waals surface area contributed by atoms with E-state index in [9.17, 15) is 18.3 Å². The summed E-state index contributed by atoms with van der Waals surface area (Å²) >= 11 is 0. The molecule has 2 unspecified atom stereocenters. The van der Waals surface area contributed by atoms with Gasteiger partial charge in [0, 0.05) is 12.6 Å². The summed E-state index contributed by atoms with van der Waals surface area (Å²) in [4.78, 5) is 1.94. The van der Waals surface area contributed by atoms with Gasteiger partial charge in [0.1, 0.15) is 5.60 Å². The van der Waals surface area contributed by atoms with Crippen molar-refractivity contribution in [3.8, 4) is 0 Å². The molecule has 1 aliphatic heterocycles. The molecule has 0 aliphatic carbocycles. The maximum absolute atomic E-state index is 12.6. The highest BCUT2D eigenvalue weighted by molar-refractivity contribution is 5.31. The Hall–Kier alpha value is -1.07. The lowest BCUT2D eigenvalue weighted by Crippen LogP contribution is -2.29. The Kier molecular flexibility index (Phi) is 3.15. The lowest BCUT2D eigenvalue weighted by atomic mass is 9.90. The first-order valence-electron chi connectivity index (χ1n) is 5.83. The Bertz CT molecular complexity index is 434. The molecule has 2 atom stereocenters. The van der Waals surface area contributed by atoms with Gasteiger partial charge in [-0.05, 0) is 38.1 Å². The fourth-order valence-electron chi connectivity index (χ4n) is 2.47. The molecule has 1 aromatic carbocycles. The maximum atomic E-state index is 12.6. The molecule has 1 aliphatic rings. The molecule has 0 aromatic heterocycles.